The van der Waals surface area contributed by atoms with E-state index in [1.54, 1.807) is 25.6 Å². The molecule has 0 bridgehead atoms. The first kappa shape index (κ1) is 19.4. The number of anilines is 1. The minimum Gasteiger partial charge on any atom is -0.356 e. The lowest BCUT2D eigenvalue weighted by Gasteiger charge is -2.12. The van der Waals surface area contributed by atoms with Gasteiger partial charge in [0.05, 0.1) is 0 Å². The Morgan fingerprint density at radius 2 is 2.08 bits per heavy atom. The van der Waals surface area contributed by atoms with E-state index in [4.69, 9.17) is 0 Å². The Balaban J connectivity index is 1.66. The molecule has 0 aromatic carbocycles. The first-order valence-corrected chi connectivity index (χ1v) is 8.66. The molecule has 2 rings (SSSR count). The molecule has 0 saturated heterocycles. The van der Waals surface area contributed by atoms with E-state index in [-0.39, 0.29) is 5.91 Å². The van der Waals surface area contributed by atoms with Crippen LogP contribution in [0.15, 0.2) is 29.6 Å². The molecular formula is C17H26N8O. The predicted octanol–water partition coefficient (Wildman–Crippen LogP) is 0.738. The van der Waals surface area contributed by atoms with Gasteiger partial charge in [-0.05, 0) is 18.6 Å². The number of carbonyl (C=O) groups is 1. The summed E-state index contributed by atoms with van der Waals surface area (Å²) in [5, 5.41) is 17.1. The van der Waals surface area contributed by atoms with Crippen LogP contribution >= 0.6 is 0 Å². The fourth-order valence-corrected chi connectivity index (χ4v) is 2.30. The molecule has 1 amide bonds. The van der Waals surface area contributed by atoms with E-state index in [9.17, 15) is 4.79 Å². The number of carbonyl (C=O) groups excluding carboxylic acids is 1. The van der Waals surface area contributed by atoms with Crippen LogP contribution in [0.1, 0.15) is 24.7 Å². The minimum atomic E-state index is -0.0959. The number of nitrogens with one attached hydrogen (secondary N) is 3. The standard InChI is InChI=1S/C17H26N8O/c1-4-15-24-22-12-25(15)10-9-20-17(18-3)19-8-7-16(26)23-14-6-5-13(2)11-21-14/h5-6,11-12H,4,7-10H2,1-3H3,(H2,18,19,20)(H,21,23,26). The molecule has 0 unspecified atom stereocenters. The number of nitrogens with zero attached hydrogens (tertiary/aromatic N) is 5. The quantitative estimate of drug-likeness (QED) is 0.474. The normalized spacial score (nSPS) is 11.3. The highest BCUT2D eigenvalue weighted by atomic mass is 16.1. The van der Waals surface area contributed by atoms with E-state index < -0.39 is 0 Å². The Labute approximate surface area is 153 Å². The highest BCUT2D eigenvalue weighted by molar-refractivity contribution is 5.90. The van der Waals surface area contributed by atoms with Gasteiger partial charge in [0.25, 0.3) is 0 Å². The van der Waals surface area contributed by atoms with E-state index in [2.05, 4.69) is 36.1 Å². The molecule has 9 heteroatoms. The summed E-state index contributed by atoms with van der Waals surface area (Å²) in [5.41, 5.74) is 1.05. The van der Waals surface area contributed by atoms with E-state index in [1.807, 2.05) is 24.5 Å². The SMILES string of the molecule is CCc1nncn1CCNC(=NC)NCCC(=O)Nc1ccc(C)cn1. The van der Waals surface area contributed by atoms with Crippen LogP contribution in [0.4, 0.5) is 5.82 Å². The van der Waals surface area contributed by atoms with Gasteiger partial charge in [0, 0.05) is 45.7 Å². The van der Waals surface area contributed by atoms with Crippen LogP contribution in [0.2, 0.25) is 0 Å². The van der Waals surface area contributed by atoms with E-state index in [0.717, 1.165) is 24.4 Å². The van der Waals surface area contributed by atoms with Crippen molar-refractivity contribution in [3.05, 3.63) is 36.0 Å². The summed E-state index contributed by atoms with van der Waals surface area (Å²) in [4.78, 5) is 20.2. The fourth-order valence-electron chi connectivity index (χ4n) is 2.30. The third-order valence-corrected chi connectivity index (χ3v) is 3.70. The predicted molar refractivity (Wildman–Crippen MR) is 101 cm³/mol. The monoisotopic (exact) mass is 358 g/mol. The van der Waals surface area contributed by atoms with Crippen LogP contribution in [0, 0.1) is 6.92 Å². The van der Waals surface area contributed by atoms with Crippen molar-refractivity contribution in [2.45, 2.75) is 33.2 Å². The first-order chi connectivity index (χ1) is 12.6. The molecule has 0 spiro atoms. The maximum absolute atomic E-state index is 11.9. The Bertz CT molecular complexity index is 723. The van der Waals surface area contributed by atoms with E-state index in [0.29, 0.717) is 31.3 Å². The van der Waals surface area contributed by atoms with Crippen molar-refractivity contribution in [2.75, 3.05) is 25.5 Å². The van der Waals surface area contributed by atoms with Crippen LogP contribution in [-0.2, 0) is 17.8 Å². The van der Waals surface area contributed by atoms with Crippen LogP contribution in [0.5, 0.6) is 0 Å². The highest BCUT2D eigenvalue weighted by Gasteiger charge is 2.05. The number of amides is 1. The highest BCUT2D eigenvalue weighted by Crippen LogP contribution is 2.03. The van der Waals surface area contributed by atoms with Gasteiger partial charge < -0.3 is 20.5 Å². The van der Waals surface area contributed by atoms with Crippen molar-refractivity contribution in [2.24, 2.45) is 4.99 Å². The molecule has 0 saturated carbocycles. The van der Waals surface area contributed by atoms with Crippen molar-refractivity contribution in [3.63, 3.8) is 0 Å². The van der Waals surface area contributed by atoms with Gasteiger partial charge in [-0.25, -0.2) is 4.98 Å². The van der Waals surface area contributed by atoms with E-state index in [1.165, 1.54) is 0 Å². The summed E-state index contributed by atoms with van der Waals surface area (Å²) in [6.07, 6.45) is 4.61. The lowest BCUT2D eigenvalue weighted by molar-refractivity contribution is -0.116. The van der Waals surface area contributed by atoms with Crippen LogP contribution in [0.25, 0.3) is 0 Å². The summed E-state index contributed by atoms with van der Waals surface area (Å²) in [5.74, 6) is 2.07. The molecule has 2 aromatic heterocycles. The number of aliphatic imine (C=N–C) groups is 1. The number of aryl methyl sites for hydroxylation is 2. The molecule has 9 nitrogen and oxygen atoms in total. The number of hydrogen-bond donors (Lipinski definition) is 3. The average Bonchev–Trinajstić information content (AvgIpc) is 3.10. The van der Waals surface area contributed by atoms with Gasteiger partial charge in [-0.3, -0.25) is 9.79 Å². The van der Waals surface area contributed by atoms with Gasteiger partial charge in [0.2, 0.25) is 5.91 Å². The second-order valence-electron chi connectivity index (χ2n) is 5.74. The van der Waals surface area contributed by atoms with Crippen LogP contribution in [-0.4, -0.2) is 51.8 Å². The van der Waals surface area contributed by atoms with Crippen molar-refractivity contribution in [1.82, 2.24) is 30.4 Å². The zero-order valence-corrected chi connectivity index (χ0v) is 15.5. The Morgan fingerprint density at radius 3 is 2.77 bits per heavy atom. The Morgan fingerprint density at radius 1 is 1.27 bits per heavy atom. The molecule has 26 heavy (non-hydrogen) atoms. The molecule has 140 valence electrons. The second kappa shape index (κ2) is 10.1. The van der Waals surface area contributed by atoms with Crippen molar-refractivity contribution < 1.29 is 4.79 Å². The summed E-state index contributed by atoms with van der Waals surface area (Å²) >= 11 is 0. The largest absolute Gasteiger partial charge is 0.356 e. The molecule has 0 radical (unpaired) electrons. The average molecular weight is 358 g/mol. The lowest BCUT2D eigenvalue weighted by Crippen LogP contribution is -2.40. The van der Waals surface area contributed by atoms with Crippen LogP contribution in [0.3, 0.4) is 0 Å². The number of rotatable bonds is 8. The number of pyridine rings is 1. The molecule has 2 aromatic rings. The third-order valence-electron chi connectivity index (χ3n) is 3.70. The van der Waals surface area contributed by atoms with Crippen molar-refractivity contribution in [1.29, 1.82) is 0 Å². The topological polar surface area (TPSA) is 109 Å². The zero-order valence-electron chi connectivity index (χ0n) is 15.5. The van der Waals surface area contributed by atoms with Gasteiger partial charge in [-0.1, -0.05) is 13.0 Å². The maximum atomic E-state index is 11.9. The van der Waals surface area contributed by atoms with Gasteiger partial charge >= 0.3 is 0 Å². The number of hydrogen-bond acceptors (Lipinski definition) is 5. The third kappa shape index (κ3) is 6.15. The molecular weight excluding hydrogens is 332 g/mol. The van der Waals surface area contributed by atoms with Crippen molar-refractivity contribution >= 4 is 17.7 Å². The minimum absolute atomic E-state index is 0.0959. The second-order valence-corrected chi connectivity index (χ2v) is 5.74. The smallest absolute Gasteiger partial charge is 0.227 e. The molecule has 3 N–H and O–H groups in total. The summed E-state index contributed by atoms with van der Waals surface area (Å²) in [7, 11) is 1.70. The molecule has 0 aliphatic rings. The molecule has 0 atom stereocenters. The zero-order chi connectivity index (χ0) is 18.8. The number of guanidine groups is 1. The first-order valence-electron chi connectivity index (χ1n) is 8.66. The molecule has 0 fully saturated rings. The van der Waals surface area contributed by atoms with Gasteiger partial charge in [-0.2, -0.15) is 0 Å². The maximum Gasteiger partial charge on any atom is 0.227 e. The van der Waals surface area contributed by atoms with Crippen molar-refractivity contribution in [3.8, 4) is 0 Å². The lowest BCUT2D eigenvalue weighted by atomic mass is 10.3. The fraction of sp³-hybridized carbons (Fsp3) is 0.471. The molecule has 0 aliphatic heterocycles. The molecule has 0 aliphatic carbocycles. The number of aromatic nitrogens is 4. The van der Waals surface area contributed by atoms with Gasteiger partial charge in [0.15, 0.2) is 5.96 Å². The summed E-state index contributed by atoms with van der Waals surface area (Å²) in [6, 6.07) is 3.70. The van der Waals surface area contributed by atoms with Gasteiger partial charge in [-0.15, -0.1) is 10.2 Å². The summed E-state index contributed by atoms with van der Waals surface area (Å²) in [6.45, 7) is 5.91. The Hall–Kier alpha value is -2.97. The van der Waals surface area contributed by atoms with Crippen LogP contribution < -0.4 is 16.0 Å². The van der Waals surface area contributed by atoms with Gasteiger partial charge in [0.1, 0.15) is 18.0 Å². The van der Waals surface area contributed by atoms with E-state index >= 15 is 0 Å². The molecule has 2 heterocycles. The Kier molecular flexibility index (Phi) is 7.53. The summed E-state index contributed by atoms with van der Waals surface area (Å²) < 4.78 is 2.00.